The van der Waals surface area contributed by atoms with Crippen LogP contribution in [0.2, 0.25) is 0 Å². The first kappa shape index (κ1) is 14.3. The first-order valence-electron chi connectivity index (χ1n) is 7.03. The number of rotatable bonds is 3. The van der Waals surface area contributed by atoms with Gasteiger partial charge in [-0.3, -0.25) is 14.3 Å². The Kier molecular flexibility index (Phi) is 3.44. The maximum Gasteiger partial charge on any atom is 0.269 e. The molecule has 3 rings (SSSR count). The summed E-state index contributed by atoms with van der Waals surface area (Å²) < 4.78 is 1.72. The van der Waals surface area contributed by atoms with Crippen LogP contribution in [-0.2, 0) is 11.8 Å². The summed E-state index contributed by atoms with van der Waals surface area (Å²) in [7, 11) is 3.57. The molecule has 116 valence electrons. The van der Waals surface area contributed by atoms with Crippen molar-refractivity contribution in [2.75, 3.05) is 7.05 Å². The largest absolute Gasteiger partial charge is 0.345 e. The molecule has 2 N–H and O–H groups in total. The van der Waals surface area contributed by atoms with Crippen molar-refractivity contribution >= 4 is 11.8 Å². The molecule has 1 aliphatic heterocycles. The van der Waals surface area contributed by atoms with E-state index in [1.807, 2.05) is 13.1 Å². The van der Waals surface area contributed by atoms with Crippen molar-refractivity contribution in [3.05, 3.63) is 35.7 Å². The molecule has 0 spiro atoms. The lowest BCUT2D eigenvalue weighted by Crippen LogP contribution is -2.39. The van der Waals surface area contributed by atoms with Gasteiger partial charge in [-0.15, -0.1) is 0 Å². The van der Waals surface area contributed by atoms with Crippen molar-refractivity contribution in [3.63, 3.8) is 0 Å². The van der Waals surface area contributed by atoms with E-state index in [1.165, 1.54) is 6.20 Å². The first-order chi connectivity index (χ1) is 10.5. The molecule has 3 heterocycles. The molecule has 2 atom stereocenters. The lowest BCUT2D eigenvalue weighted by Gasteiger charge is -2.25. The Morgan fingerprint density at radius 3 is 2.82 bits per heavy atom. The topological polar surface area (TPSA) is 95.9 Å². The minimum absolute atomic E-state index is 0.00251. The van der Waals surface area contributed by atoms with E-state index in [-0.39, 0.29) is 30.3 Å². The molecular weight excluding hydrogens is 284 g/mol. The van der Waals surface area contributed by atoms with Gasteiger partial charge in [0.2, 0.25) is 5.91 Å². The number of nitrogens with one attached hydrogen (secondary N) is 2. The Balaban J connectivity index is 1.84. The molecule has 0 aliphatic carbocycles. The van der Waals surface area contributed by atoms with Crippen LogP contribution in [0.3, 0.4) is 0 Å². The highest BCUT2D eigenvalue weighted by Gasteiger charge is 2.40. The number of amides is 2. The summed E-state index contributed by atoms with van der Waals surface area (Å²) in [6.45, 7) is 1.78. The monoisotopic (exact) mass is 302 g/mol. The highest BCUT2D eigenvalue weighted by Crippen LogP contribution is 2.31. The quantitative estimate of drug-likeness (QED) is 0.844. The molecule has 0 radical (unpaired) electrons. The van der Waals surface area contributed by atoms with Crippen molar-refractivity contribution in [1.82, 2.24) is 30.0 Å². The summed E-state index contributed by atoms with van der Waals surface area (Å²) in [5, 5.41) is 7.07. The van der Waals surface area contributed by atoms with E-state index < -0.39 is 0 Å². The lowest BCUT2D eigenvalue weighted by atomic mass is 10.1. The van der Waals surface area contributed by atoms with E-state index in [2.05, 4.69) is 20.4 Å². The highest BCUT2D eigenvalue weighted by atomic mass is 16.2. The number of hydrogen-bond donors (Lipinski definition) is 2. The minimum atomic E-state index is -0.302. The van der Waals surface area contributed by atoms with Gasteiger partial charge in [0, 0.05) is 26.7 Å². The molecule has 2 aromatic heterocycles. The van der Waals surface area contributed by atoms with E-state index in [1.54, 1.807) is 29.7 Å². The lowest BCUT2D eigenvalue weighted by molar-refractivity contribution is -0.127. The predicted octanol–water partition coefficient (Wildman–Crippen LogP) is 0.153. The zero-order valence-electron chi connectivity index (χ0n) is 12.7. The zero-order valence-corrected chi connectivity index (χ0v) is 12.7. The van der Waals surface area contributed by atoms with Crippen molar-refractivity contribution in [1.29, 1.82) is 0 Å². The van der Waals surface area contributed by atoms with Crippen LogP contribution in [0, 0.1) is 6.92 Å². The van der Waals surface area contributed by atoms with Crippen molar-refractivity contribution in [3.8, 4) is 0 Å². The number of aryl methyl sites for hydroxylation is 2. The third kappa shape index (κ3) is 2.36. The summed E-state index contributed by atoms with van der Waals surface area (Å²) in [6, 6.07) is 1.33. The van der Waals surface area contributed by atoms with E-state index in [4.69, 9.17) is 0 Å². The molecule has 2 amide bonds. The molecule has 1 fully saturated rings. The third-order valence-electron chi connectivity index (χ3n) is 4.01. The van der Waals surface area contributed by atoms with Crippen molar-refractivity contribution in [2.45, 2.75) is 25.4 Å². The van der Waals surface area contributed by atoms with Crippen molar-refractivity contribution < 1.29 is 9.59 Å². The fourth-order valence-electron chi connectivity index (χ4n) is 2.86. The number of nitrogens with zero attached hydrogens (tertiary/aromatic N) is 4. The second-order valence-electron chi connectivity index (χ2n) is 5.50. The zero-order chi connectivity index (χ0) is 15.9. The van der Waals surface area contributed by atoms with Gasteiger partial charge in [0.25, 0.3) is 5.91 Å². The average Bonchev–Trinajstić information content (AvgIpc) is 3.13. The summed E-state index contributed by atoms with van der Waals surface area (Å²) in [4.78, 5) is 32.9. The Bertz CT molecular complexity index is 718. The van der Waals surface area contributed by atoms with Crippen LogP contribution >= 0.6 is 0 Å². The molecular formula is C14H18N6O2. The van der Waals surface area contributed by atoms with Crippen molar-refractivity contribution in [2.24, 2.45) is 7.05 Å². The van der Waals surface area contributed by atoms with Crippen LogP contribution < -0.4 is 5.32 Å². The number of carbonyl (C=O) groups is 2. The summed E-state index contributed by atoms with van der Waals surface area (Å²) in [5.74, 6) is 0.408. The maximum absolute atomic E-state index is 12.3. The molecule has 2 aromatic rings. The van der Waals surface area contributed by atoms with Crippen LogP contribution in [0.4, 0.5) is 0 Å². The molecule has 8 nitrogen and oxygen atoms in total. The normalized spacial score (nSPS) is 21.4. The minimum Gasteiger partial charge on any atom is -0.345 e. The smallest absolute Gasteiger partial charge is 0.269 e. The number of H-pyrrole nitrogens is 1. The van der Waals surface area contributed by atoms with E-state index >= 15 is 0 Å². The van der Waals surface area contributed by atoms with Gasteiger partial charge in [-0.25, -0.2) is 4.98 Å². The highest BCUT2D eigenvalue weighted by molar-refractivity contribution is 5.93. The predicted molar refractivity (Wildman–Crippen MR) is 77.9 cm³/mol. The summed E-state index contributed by atoms with van der Waals surface area (Å²) in [5.41, 5.74) is 1.28. The number of aromatic amines is 1. The van der Waals surface area contributed by atoms with Crippen LogP contribution in [0.25, 0.3) is 0 Å². The van der Waals surface area contributed by atoms with Gasteiger partial charge in [-0.05, 0) is 13.0 Å². The Labute approximate surface area is 127 Å². The molecule has 0 bridgehead atoms. The fourth-order valence-corrected chi connectivity index (χ4v) is 2.86. The number of likely N-dealkylation sites (tertiary alicyclic amines) is 1. The summed E-state index contributed by atoms with van der Waals surface area (Å²) in [6.07, 6.45) is 3.44. The average molecular weight is 302 g/mol. The molecule has 0 unspecified atom stereocenters. The fraction of sp³-hybridized carbons (Fsp3) is 0.429. The van der Waals surface area contributed by atoms with E-state index in [0.29, 0.717) is 11.5 Å². The van der Waals surface area contributed by atoms with E-state index in [9.17, 15) is 9.59 Å². The van der Waals surface area contributed by atoms with Crippen LogP contribution in [0.1, 0.15) is 34.5 Å². The standard InChI is InChI=1S/C14H18N6O2/c1-8-15-7-10(17-8)14(22)18-9-6-12(21)19(2)13(9)11-4-5-16-20(11)3/h4-5,7,9,13H,6H2,1-3H3,(H,15,17)(H,18,22)/t9-,13-/m1/s1. The van der Waals surface area contributed by atoms with Gasteiger partial charge in [0.1, 0.15) is 11.5 Å². The maximum atomic E-state index is 12.3. The second-order valence-corrected chi connectivity index (χ2v) is 5.50. The van der Waals surface area contributed by atoms with Gasteiger partial charge in [0.05, 0.1) is 24.0 Å². The first-order valence-corrected chi connectivity index (χ1v) is 7.03. The van der Waals surface area contributed by atoms with Gasteiger partial charge >= 0.3 is 0 Å². The number of carbonyl (C=O) groups excluding carboxylic acids is 2. The Hall–Kier alpha value is -2.64. The molecule has 8 heteroatoms. The van der Waals surface area contributed by atoms with Crippen LogP contribution in [0.5, 0.6) is 0 Å². The van der Waals surface area contributed by atoms with Gasteiger partial charge in [-0.1, -0.05) is 0 Å². The number of likely N-dealkylation sites (N-methyl/N-ethyl adjacent to an activating group) is 1. The van der Waals surface area contributed by atoms with Gasteiger partial charge < -0.3 is 15.2 Å². The SMILES string of the molecule is Cc1ncc(C(=O)N[C@@H]2CC(=O)N(C)[C@H]2c2ccnn2C)[nH]1. The number of aromatic nitrogens is 4. The Morgan fingerprint density at radius 1 is 1.45 bits per heavy atom. The molecule has 22 heavy (non-hydrogen) atoms. The van der Waals surface area contributed by atoms with Crippen LogP contribution in [-0.4, -0.2) is 49.6 Å². The second kappa shape index (κ2) is 5.28. The van der Waals surface area contributed by atoms with E-state index in [0.717, 1.165) is 5.69 Å². The van der Waals surface area contributed by atoms with Crippen LogP contribution in [0.15, 0.2) is 18.5 Å². The molecule has 0 saturated carbocycles. The number of hydrogen-bond acceptors (Lipinski definition) is 4. The Morgan fingerprint density at radius 2 is 2.23 bits per heavy atom. The molecule has 1 aliphatic rings. The molecule has 0 aromatic carbocycles. The van der Waals surface area contributed by atoms with Gasteiger partial charge in [-0.2, -0.15) is 5.10 Å². The number of imidazole rings is 1. The third-order valence-corrected chi connectivity index (χ3v) is 4.01. The molecule has 1 saturated heterocycles. The van der Waals surface area contributed by atoms with Gasteiger partial charge in [0.15, 0.2) is 0 Å². The summed E-state index contributed by atoms with van der Waals surface area (Å²) >= 11 is 0.